The van der Waals surface area contributed by atoms with Crippen molar-refractivity contribution >= 4 is 33.0 Å². The van der Waals surface area contributed by atoms with Crippen molar-refractivity contribution in [3.63, 3.8) is 0 Å². The summed E-state index contributed by atoms with van der Waals surface area (Å²) < 4.78 is 24.9. The molecule has 1 atom stereocenters. The normalized spacial score (nSPS) is 19.2. The molecule has 1 aliphatic heterocycles. The molecule has 122 valence electrons. The molecule has 0 radical (unpaired) electrons. The maximum Gasteiger partial charge on any atom is 0.292 e. The summed E-state index contributed by atoms with van der Waals surface area (Å²) in [5.74, 6) is 0.113. The zero-order valence-electron chi connectivity index (χ0n) is 12.2. The van der Waals surface area contributed by atoms with Crippen molar-refractivity contribution in [1.29, 1.82) is 0 Å². The Bertz CT molecular complexity index is 665. The molecule has 0 bridgehead atoms. The van der Waals surface area contributed by atoms with Gasteiger partial charge in [0.2, 0.25) is 10.0 Å². The van der Waals surface area contributed by atoms with Crippen LogP contribution in [0.4, 0.5) is 11.4 Å². The van der Waals surface area contributed by atoms with Crippen molar-refractivity contribution < 1.29 is 13.3 Å². The lowest BCUT2D eigenvalue weighted by atomic mass is 9.97. The van der Waals surface area contributed by atoms with Crippen LogP contribution in [0.5, 0.6) is 0 Å². The maximum absolute atomic E-state index is 11.2. The molecule has 2 rings (SSSR count). The van der Waals surface area contributed by atoms with Crippen LogP contribution in [0.3, 0.4) is 0 Å². The first kappa shape index (κ1) is 17.0. The number of halogens is 1. The summed E-state index contributed by atoms with van der Waals surface area (Å²) in [6, 6.07) is 4.48. The van der Waals surface area contributed by atoms with Gasteiger partial charge in [0, 0.05) is 30.7 Å². The van der Waals surface area contributed by atoms with Gasteiger partial charge in [-0.1, -0.05) is 11.6 Å². The van der Waals surface area contributed by atoms with Crippen LogP contribution in [0.2, 0.25) is 5.02 Å². The van der Waals surface area contributed by atoms with Gasteiger partial charge < -0.3 is 4.90 Å². The molecule has 0 aromatic heterocycles. The molecule has 1 aromatic rings. The highest BCUT2D eigenvalue weighted by Gasteiger charge is 2.26. The van der Waals surface area contributed by atoms with Crippen LogP contribution in [0, 0.1) is 16.0 Å². The van der Waals surface area contributed by atoms with E-state index in [9.17, 15) is 18.5 Å². The van der Waals surface area contributed by atoms with Crippen LogP contribution in [0.1, 0.15) is 12.8 Å². The summed E-state index contributed by atoms with van der Waals surface area (Å²) in [6.45, 7) is 1.59. The second-order valence-electron chi connectivity index (χ2n) is 5.47. The number of nitrogens with zero attached hydrogens (tertiary/aromatic N) is 2. The van der Waals surface area contributed by atoms with E-state index in [4.69, 9.17) is 11.6 Å². The first-order valence-corrected chi connectivity index (χ1v) is 9.17. The van der Waals surface area contributed by atoms with Crippen LogP contribution in [-0.2, 0) is 10.0 Å². The van der Waals surface area contributed by atoms with Crippen molar-refractivity contribution in [2.45, 2.75) is 12.8 Å². The van der Waals surface area contributed by atoms with E-state index in [0.717, 1.165) is 19.1 Å². The van der Waals surface area contributed by atoms with Crippen molar-refractivity contribution in [2.24, 2.45) is 5.92 Å². The van der Waals surface area contributed by atoms with Gasteiger partial charge in [0.1, 0.15) is 5.69 Å². The molecule has 0 amide bonds. The molecule has 22 heavy (non-hydrogen) atoms. The van der Waals surface area contributed by atoms with Gasteiger partial charge in [-0.3, -0.25) is 10.1 Å². The third kappa shape index (κ3) is 4.56. The van der Waals surface area contributed by atoms with E-state index in [1.54, 1.807) is 6.07 Å². The fourth-order valence-electron chi connectivity index (χ4n) is 2.62. The summed E-state index contributed by atoms with van der Waals surface area (Å²) in [5, 5.41) is 11.6. The fraction of sp³-hybridized carbons (Fsp3) is 0.538. The minimum absolute atomic E-state index is 0.0149. The number of hydrogen-bond acceptors (Lipinski definition) is 5. The van der Waals surface area contributed by atoms with Crippen LogP contribution in [-0.4, -0.2) is 39.2 Å². The number of benzene rings is 1. The van der Waals surface area contributed by atoms with E-state index in [2.05, 4.69) is 4.72 Å². The van der Waals surface area contributed by atoms with E-state index in [0.29, 0.717) is 30.3 Å². The number of piperidine rings is 1. The second kappa shape index (κ2) is 6.80. The zero-order chi connectivity index (χ0) is 16.3. The predicted octanol–water partition coefficient (Wildman–Crippen LogP) is 2.01. The topological polar surface area (TPSA) is 92.6 Å². The molecule has 1 aromatic carbocycles. The average molecular weight is 348 g/mol. The van der Waals surface area contributed by atoms with Crippen LogP contribution >= 0.6 is 11.6 Å². The highest BCUT2D eigenvalue weighted by atomic mass is 35.5. The number of anilines is 1. The number of nitro groups is 1. The van der Waals surface area contributed by atoms with E-state index in [1.165, 1.54) is 12.1 Å². The quantitative estimate of drug-likeness (QED) is 0.649. The Balaban J connectivity index is 2.15. The number of nitro benzene ring substituents is 1. The van der Waals surface area contributed by atoms with E-state index < -0.39 is 14.9 Å². The van der Waals surface area contributed by atoms with Gasteiger partial charge in [-0.05, 0) is 30.9 Å². The van der Waals surface area contributed by atoms with Crippen LogP contribution in [0.25, 0.3) is 0 Å². The number of nitrogens with one attached hydrogen (secondary N) is 1. The van der Waals surface area contributed by atoms with Gasteiger partial charge in [0.15, 0.2) is 0 Å². The molecule has 0 aliphatic carbocycles. The van der Waals surface area contributed by atoms with Crippen LogP contribution < -0.4 is 9.62 Å². The summed E-state index contributed by atoms with van der Waals surface area (Å²) >= 11 is 5.96. The largest absolute Gasteiger partial charge is 0.366 e. The lowest BCUT2D eigenvalue weighted by molar-refractivity contribution is -0.384. The molecule has 1 N–H and O–H groups in total. The molecule has 7 nitrogen and oxygen atoms in total. The standard InChI is InChI=1S/C13H18ClN3O4S/c1-22(20,21)15-8-10-3-2-6-16(9-10)13-7-11(14)4-5-12(13)17(18)19/h4-5,7,10,15H,2-3,6,8-9H2,1H3/t10-/m0/s1. The van der Waals surface area contributed by atoms with Gasteiger partial charge >= 0.3 is 0 Å². The molecule has 9 heteroatoms. The first-order valence-electron chi connectivity index (χ1n) is 6.90. The van der Waals surface area contributed by atoms with E-state index in [-0.39, 0.29) is 11.6 Å². The van der Waals surface area contributed by atoms with Crippen molar-refractivity contribution in [3.8, 4) is 0 Å². The Morgan fingerprint density at radius 2 is 2.23 bits per heavy atom. The van der Waals surface area contributed by atoms with Crippen molar-refractivity contribution in [3.05, 3.63) is 33.3 Å². The highest BCUT2D eigenvalue weighted by Crippen LogP contribution is 2.33. The predicted molar refractivity (Wildman–Crippen MR) is 85.9 cm³/mol. The summed E-state index contributed by atoms with van der Waals surface area (Å²) in [7, 11) is -3.23. The Morgan fingerprint density at radius 1 is 1.50 bits per heavy atom. The Labute approximate surface area is 134 Å². The molecular weight excluding hydrogens is 330 g/mol. The smallest absolute Gasteiger partial charge is 0.292 e. The average Bonchev–Trinajstić information content (AvgIpc) is 2.44. The number of sulfonamides is 1. The summed E-state index contributed by atoms with van der Waals surface area (Å²) in [6.07, 6.45) is 2.85. The maximum atomic E-state index is 11.2. The van der Waals surface area contributed by atoms with Gasteiger partial charge in [0.05, 0.1) is 11.2 Å². The van der Waals surface area contributed by atoms with Gasteiger partial charge in [-0.15, -0.1) is 0 Å². The molecule has 0 unspecified atom stereocenters. The minimum Gasteiger partial charge on any atom is -0.366 e. The molecule has 0 spiro atoms. The number of rotatable bonds is 5. The zero-order valence-corrected chi connectivity index (χ0v) is 13.7. The summed E-state index contributed by atoms with van der Waals surface area (Å²) in [4.78, 5) is 12.6. The monoisotopic (exact) mass is 347 g/mol. The molecule has 1 saturated heterocycles. The van der Waals surface area contributed by atoms with Crippen molar-refractivity contribution in [2.75, 3.05) is 30.8 Å². The van der Waals surface area contributed by atoms with Gasteiger partial charge in [-0.25, -0.2) is 13.1 Å². The van der Waals surface area contributed by atoms with Crippen molar-refractivity contribution in [1.82, 2.24) is 4.72 Å². The second-order valence-corrected chi connectivity index (χ2v) is 7.73. The minimum atomic E-state index is -3.23. The summed E-state index contributed by atoms with van der Waals surface area (Å²) in [5.41, 5.74) is 0.502. The Morgan fingerprint density at radius 3 is 2.86 bits per heavy atom. The van der Waals surface area contributed by atoms with Gasteiger partial charge in [0.25, 0.3) is 5.69 Å². The Kier molecular flexibility index (Phi) is 5.25. The lowest BCUT2D eigenvalue weighted by Crippen LogP contribution is -2.41. The molecule has 1 aliphatic rings. The number of hydrogen-bond donors (Lipinski definition) is 1. The highest BCUT2D eigenvalue weighted by molar-refractivity contribution is 7.88. The SMILES string of the molecule is CS(=O)(=O)NC[C@@H]1CCCN(c2cc(Cl)ccc2[N+](=O)[O-])C1. The molecular formula is C13H18ClN3O4S. The first-order chi connectivity index (χ1) is 10.3. The third-order valence-electron chi connectivity index (χ3n) is 3.63. The molecule has 1 heterocycles. The Hall–Kier alpha value is -1.38. The lowest BCUT2D eigenvalue weighted by Gasteiger charge is -2.34. The van der Waals surface area contributed by atoms with E-state index in [1.807, 2.05) is 4.90 Å². The van der Waals surface area contributed by atoms with E-state index >= 15 is 0 Å². The molecule has 1 fully saturated rings. The van der Waals surface area contributed by atoms with Crippen LogP contribution in [0.15, 0.2) is 18.2 Å². The fourth-order valence-corrected chi connectivity index (χ4v) is 3.33. The molecule has 0 saturated carbocycles. The third-order valence-corrected chi connectivity index (χ3v) is 4.55. The van der Waals surface area contributed by atoms with Gasteiger partial charge in [-0.2, -0.15) is 0 Å².